The summed E-state index contributed by atoms with van der Waals surface area (Å²) in [6, 6.07) is 4.36. The van der Waals surface area contributed by atoms with Gasteiger partial charge in [-0.3, -0.25) is 9.78 Å². The maximum absolute atomic E-state index is 12.4. The van der Waals surface area contributed by atoms with Crippen LogP contribution in [0.15, 0.2) is 24.4 Å². The van der Waals surface area contributed by atoms with E-state index >= 15 is 0 Å². The molecule has 1 aliphatic rings. The Morgan fingerprint density at radius 3 is 2.73 bits per heavy atom. The number of halogens is 3. The van der Waals surface area contributed by atoms with Crippen molar-refractivity contribution < 1.29 is 23.4 Å². The van der Waals surface area contributed by atoms with Gasteiger partial charge in [0, 0.05) is 23.7 Å². The van der Waals surface area contributed by atoms with Gasteiger partial charge in [0.2, 0.25) is 0 Å². The van der Waals surface area contributed by atoms with Crippen LogP contribution in [0.3, 0.4) is 0 Å². The Bertz CT molecular complexity index is 819. The number of amides is 1. The molecular weight excluding hydrogens is 366 g/mol. The number of benzene rings is 1. The largest absolute Gasteiger partial charge is 0.433 e. The number of carbonyl (C=O) groups is 1. The molecule has 1 amide bonds. The molecule has 1 fully saturated rings. The number of alkyl halides is 2. The number of fused-ring (bicyclic) bond motifs is 1. The van der Waals surface area contributed by atoms with Gasteiger partial charge in [0.05, 0.1) is 21.7 Å². The van der Waals surface area contributed by atoms with Crippen LogP contribution in [0.2, 0.25) is 5.02 Å². The van der Waals surface area contributed by atoms with Crippen molar-refractivity contribution >= 4 is 28.4 Å². The number of rotatable bonds is 4. The molecular formula is C18H19ClF2N2O3. The van der Waals surface area contributed by atoms with Crippen molar-refractivity contribution in [3.63, 3.8) is 0 Å². The molecule has 140 valence electrons. The number of nitrogens with zero attached hydrogens (tertiary/aromatic N) is 1. The third-order valence-corrected chi connectivity index (χ3v) is 4.91. The molecule has 2 N–H and O–H groups in total. The monoisotopic (exact) mass is 384 g/mol. The summed E-state index contributed by atoms with van der Waals surface area (Å²) in [5, 5.41) is 13.5. The number of hydrogen-bond acceptors (Lipinski definition) is 4. The van der Waals surface area contributed by atoms with E-state index in [1.807, 2.05) is 0 Å². The first-order chi connectivity index (χ1) is 12.2. The van der Waals surface area contributed by atoms with Gasteiger partial charge < -0.3 is 15.2 Å². The average Bonchev–Trinajstić information content (AvgIpc) is 2.56. The molecule has 3 rings (SSSR count). The quantitative estimate of drug-likeness (QED) is 0.838. The molecule has 1 aromatic carbocycles. The van der Waals surface area contributed by atoms with Crippen molar-refractivity contribution in [3.05, 3.63) is 35.0 Å². The fraction of sp³-hybridized carbons (Fsp3) is 0.444. The number of hydrogen-bond donors (Lipinski definition) is 2. The van der Waals surface area contributed by atoms with Crippen molar-refractivity contribution in [1.82, 2.24) is 10.3 Å². The van der Waals surface area contributed by atoms with E-state index in [-0.39, 0.29) is 22.7 Å². The van der Waals surface area contributed by atoms with E-state index in [4.69, 9.17) is 11.6 Å². The van der Waals surface area contributed by atoms with Gasteiger partial charge in [0.1, 0.15) is 5.75 Å². The third-order valence-electron chi connectivity index (χ3n) is 4.61. The number of nitrogens with one attached hydrogen (secondary N) is 1. The van der Waals surface area contributed by atoms with Crippen LogP contribution in [-0.2, 0) is 0 Å². The Hall–Kier alpha value is -1.99. The lowest BCUT2D eigenvalue weighted by molar-refractivity contribution is -0.0497. The fourth-order valence-electron chi connectivity index (χ4n) is 3.09. The van der Waals surface area contributed by atoms with Gasteiger partial charge in [0.25, 0.3) is 5.91 Å². The zero-order valence-corrected chi connectivity index (χ0v) is 14.9. The number of carbonyl (C=O) groups excluding carboxylic acids is 1. The van der Waals surface area contributed by atoms with Crippen molar-refractivity contribution in [1.29, 1.82) is 0 Å². The molecule has 0 bridgehead atoms. The minimum Gasteiger partial charge on any atom is -0.433 e. The predicted octanol–water partition coefficient (Wildman–Crippen LogP) is 3.91. The Balaban J connectivity index is 1.75. The van der Waals surface area contributed by atoms with E-state index in [2.05, 4.69) is 15.0 Å². The highest BCUT2D eigenvalue weighted by molar-refractivity contribution is 6.32. The van der Waals surface area contributed by atoms with E-state index in [0.29, 0.717) is 42.1 Å². The smallest absolute Gasteiger partial charge is 0.387 e. The Labute approximate surface area is 154 Å². The van der Waals surface area contributed by atoms with Gasteiger partial charge in [-0.25, -0.2) is 0 Å². The first-order valence-electron chi connectivity index (χ1n) is 8.31. The molecule has 0 saturated heterocycles. The minimum absolute atomic E-state index is 0.00354. The van der Waals surface area contributed by atoms with Crippen molar-refractivity contribution in [2.24, 2.45) is 0 Å². The van der Waals surface area contributed by atoms with E-state index in [9.17, 15) is 18.7 Å². The summed E-state index contributed by atoms with van der Waals surface area (Å²) in [6.07, 6.45) is 4.07. The van der Waals surface area contributed by atoms with Crippen molar-refractivity contribution in [2.45, 2.75) is 50.9 Å². The summed E-state index contributed by atoms with van der Waals surface area (Å²) >= 11 is 5.95. The average molecular weight is 385 g/mol. The second-order valence-electron chi connectivity index (χ2n) is 6.82. The zero-order chi connectivity index (χ0) is 18.9. The van der Waals surface area contributed by atoms with Crippen molar-refractivity contribution in [2.75, 3.05) is 0 Å². The summed E-state index contributed by atoms with van der Waals surface area (Å²) in [5.74, 6) is -0.428. The lowest BCUT2D eigenvalue weighted by atomic mass is 9.83. The lowest BCUT2D eigenvalue weighted by Gasteiger charge is -2.33. The van der Waals surface area contributed by atoms with Crippen LogP contribution >= 0.6 is 11.6 Å². The van der Waals surface area contributed by atoms with Crippen LogP contribution in [0.25, 0.3) is 10.9 Å². The van der Waals surface area contributed by atoms with E-state index in [1.165, 1.54) is 18.3 Å². The van der Waals surface area contributed by atoms with Crippen molar-refractivity contribution in [3.8, 4) is 5.75 Å². The third kappa shape index (κ3) is 4.40. The Morgan fingerprint density at radius 1 is 1.38 bits per heavy atom. The molecule has 26 heavy (non-hydrogen) atoms. The van der Waals surface area contributed by atoms with E-state index in [1.54, 1.807) is 13.0 Å². The summed E-state index contributed by atoms with van der Waals surface area (Å²) in [7, 11) is 0. The molecule has 1 aromatic heterocycles. The van der Waals surface area contributed by atoms with Crippen LogP contribution in [0.4, 0.5) is 8.78 Å². The van der Waals surface area contributed by atoms with Gasteiger partial charge in [-0.05, 0) is 44.7 Å². The first-order valence-corrected chi connectivity index (χ1v) is 8.69. The summed E-state index contributed by atoms with van der Waals surface area (Å²) < 4.78 is 29.1. The molecule has 1 aliphatic carbocycles. The molecule has 5 nitrogen and oxygen atoms in total. The van der Waals surface area contributed by atoms with Gasteiger partial charge in [-0.2, -0.15) is 8.78 Å². The molecule has 1 saturated carbocycles. The maximum Gasteiger partial charge on any atom is 0.387 e. The second-order valence-corrected chi connectivity index (χ2v) is 7.23. The molecule has 0 aliphatic heterocycles. The van der Waals surface area contributed by atoms with E-state index in [0.717, 1.165) is 0 Å². The van der Waals surface area contributed by atoms with Crippen LogP contribution in [0.5, 0.6) is 5.75 Å². The SMILES string of the molecule is C[C@]1(O)CC[C@H](NC(=O)c2cnc3cc(OC(F)F)c(Cl)cc3c2)CC1. The fourth-order valence-corrected chi connectivity index (χ4v) is 3.31. The van der Waals surface area contributed by atoms with Gasteiger partial charge >= 0.3 is 6.61 Å². The topological polar surface area (TPSA) is 71.5 Å². The van der Waals surface area contributed by atoms with Crippen LogP contribution in [0, 0.1) is 0 Å². The van der Waals surface area contributed by atoms with Gasteiger partial charge in [0.15, 0.2) is 0 Å². The Kier molecular flexibility index (Phi) is 5.29. The molecule has 8 heteroatoms. The molecule has 0 unspecified atom stereocenters. The summed E-state index contributed by atoms with van der Waals surface area (Å²) in [4.78, 5) is 16.6. The second kappa shape index (κ2) is 7.32. The Morgan fingerprint density at radius 2 is 2.08 bits per heavy atom. The van der Waals surface area contributed by atoms with Crippen LogP contribution in [-0.4, -0.2) is 34.3 Å². The highest BCUT2D eigenvalue weighted by Gasteiger charge is 2.29. The minimum atomic E-state index is -2.98. The number of ether oxygens (including phenoxy) is 1. The normalized spacial score (nSPS) is 23.2. The number of aliphatic hydroxyl groups is 1. The van der Waals surface area contributed by atoms with Crippen LogP contribution < -0.4 is 10.1 Å². The molecule has 0 spiro atoms. The van der Waals surface area contributed by atoms with E-state index < -0.39 is 12.2 Å². The van der Waals surface area contributed by atoms with Crippen LogP contribution in [0.1, 0.15) is 43.0 Å². The predicted molar refractivity (Wildman–Crippen MR) is 93.7 cm³/mol. The molecule has 0 atom stereocenters. The number of aromatic nitrogens is 1. The molecule has 1 heterocycles. The standard InChI is InChI=1S/C18H19ClF2N2O3/c1-18(25)4-2-12(3-5-18)23-16(24)11-6-10-7-13(19)15(26-17(20)21)8-14(10)22-9-11/h6-9,12,17,25H,2-5H2,1H3,(H,23,24)/t12-,18-. The highest BCUT2D eigenvalue weighted by atomic mass is 35.5. The molecule has 2 aromatic rings. The lowest BCUT2D eigenvalue weighted by Crippen LogP contribution is -2.42. The first kappa shape index (κ1) is 18.8. The highest BCUT2D eigenvalue weighted by Crippen LogP contribution is 2.31. The van der Waals surface area contributed by atoms with Gasteiger partial charge in [-0.1, -0.05) is 11.6 Å². The molecule has 0 radical (unpaired) electrons. The zero-order valence-electron chi connectivity index (χ0n) is 14.1. The maximum atomic E-state index is 12.4. The number of pyridine rings is 1. The summed E-state index contributed by atoms with van der Waals surface area (Å²) in [5.41, 5.74) is 0.0873. The van der Waals surface area contributed by atoms with Gasteiger partial charge in [-0.15, -0.1) is 0 Å². The summed E-state index contributed by atoms with van der Waals surface area (Å²) in [6.45, 7) is -1.18.